The van der Waals surface area contributed by atoms with Crippen molar-refractivity contribution in [2.75, 3.05) is 11.9 Å². The van der Waals surface area contributed by atoms with E-state index in [4.69, 9.17) is 0 Å². The predicted octanol–water partition coefficient (Wildman–Crippen LogP) is 5.33. The molecule has 0 aliphatic heterocycles. The number of hydrogen-bond donors (Lipinski definition) is 0. The zero-order valence-corrected chi connectivity index (χ0v) is 12.7. The summed E-state index contributed by atoms with van der Waals surface area (Å²) in [6.07, 6.45) is -4.32. The number of anilines is 2. The minimum atomic E-state index is -4.32. The van der Waals surface area contributed by atoms with Gasteiger partial charge in [0.15, 0.2) is 0 Å². The first kappa shape index (κ1) is 15.3. The van der Waals surface area contributed by atoms with E-state index in [1.165, 1.54) is 12.1 Å². The molecule has 5 heteroatoms. The topological polar surface area (TPSA) is 16.1 Å². The number of para-hydroxylation sites is 1. The third kappa shape index (κ3) is 2.99. The van der Waals surface area contributed by atoms with Crippen LogP contribution in [0, 0.1) is 6.92 Å². The number of aryl methyl sites for hydroxylation is 1. The molecule has 0 saturated carbocycles. The SMILES string of the molecule is Cc1cc(N(C)c2ccc(C(F)(F)F)cc2)c2ccccc2n1. The standard InChI is InChI=1S/C18H15F3N2/c1-12-11-17(15-5-3-4-6-16(15)22-12)23(2)14-9-7-13(8-10-14)18(19,20)21/h3-11H,1-2H3. The molecular formula is C18H15F3N2. The summed E-state index contributed by atoms with van der Waals surface area (Å²) >= 11 is 0. The summed E-state index contributed by atoms with van der Waals surface area (Å²) in [5, 5.41) is 0.959. The van der Waals surface area contributed by atoms with E-state index < -0.39 is 11.7 Å². The van der Waals surface area contributed by atoms with E-state index in [1.54, 1.807) is 0 Å². The van der Waals surface area contributed by atoms with E-state index in [0.717, 1.165) is 34.4 Å². The quantitative estimate of drug-likeness (QED) is 0.635. The molecular weight excluding hydrogens is 301 g/mol. The lowest BCUT2D eigenvalue weighted by Gasteiger charge is -2.22. The van der Waals surface area contributed by atoms with Crippen molar-refractivity contribution < 1.29 is 13.2 Å². The van der Waals surface area contributed by atoms with Crippen LogP contribution in [0.4, 0.5) is 24.5 Å². The number of halogens is 3. The molecule has 118 valence electrons. The van der Waals surface area contributed by atoms with E-state index in [2.05, 4.69) is 4.98 Å². The molecule has 0 fully saturated rings. The Labute approximate surface area is 132 Å². The average molecular weight is 316 g/mol. The molecule has 0 N–H and O–H groups in total. The first-order valence-corrected chi connectivity index (χ1v) is 7.13. The van der Waals surface area contributed by atoms with E-state index >= 15 is 0 Å². The molecule has 2 nitrogen and oxygen atoms in total. The van der Waals surface area contributed by atoms with Crippen LogP contribution in [0.1, 0.15) is 11.3 Å². The smallest absolute Gasteiger partial charge is 0.344 e. The number of aromatic nitrogens is 1. The molecule has 3 rings (SSSR count). The van der Waals surface area contributed by atoms with Crippen molar-refractivity contribution in [1.29, 1.82) is 0 Å². The van der Waals surface area contributed by atoms with Crippen LogP contribution in [-0.4, -0.2) is 12.0 Å². The molecule has 0 aliphatic carbocycles. The largest absolute Gasteiger partial charge is 0.416 e. The number of alkyl halides is 3. The van der Waals surface area contributed by atoms with Crippen molar-refractivity contribution in [2.24, 2.45) is 0 Å². The Morgan fingerprint density at radius 2 is 1.61 bits per heavy atom. The molecule has 23 heavy (non-hydrogen) atoms. The van der Waals surface area contributed by atoms with Gasteiger partial charge in [0.05, 0.1) is 16.8 Å². The number of nitrogens with zero attached hydrogens (tertiary/aromatic N) is 2. The van der Waals surface area contributed by atoms with Gasteiger partial charge in [-0.25, -0.2) is 0 Å². The maximum absolute atomic E-state index is 12.7. The van der Waals surface area contributed by atoms with Crippen molar-refractivity contribution >= 4 is 22.3 Å². The Kier molecular flexibility index (Phi) is 3.72. The van der Waals surface area contributed by atoms with Crippen LogP contribution in [0.15, 0.2) is 54.6 Å². The molecule has 1 aromatic heterocycles. The van der Waals surface area contributed by atoms with Crippen LogP contribution in [0.25, 0.3) is 10.9 Å². The van der Waals surface area contributed by atoms with Gasteiger partial charge in [0, 0.05) is 23.8 Å². The van der Waals surface area contributed by atoms with Crippen molar-refractivity contribution in [2.45, 2.75) is 13.1 Å². The van der Waals surface area contributed by atoms with Gasteiger partial charge in [-0.1, -0.05) is 18.2 Å². The second kappa shape index (κ2) is 5.57. The molecule has 0 bridgehead atoms. The fraction of sp³-hybridized carbons (Fsp3) is 0.167. The second-order valence-electron chi connectivity index (χ2n) is 5.40. The summed E-state index contributed by atoms with van der Waals surface area (Å²) < 4.78 is 38.0. The van der Waals surface area contributed by atoms with E-state index in [0.29, 0.717) is 5.69 Å². The lowest BCUT2D eigenvalue weighted by Crippen LogP contribution is -2.11. The van der Waals surface area contributed by atoms with Gasteiger partial charge in [-0.05, 0) is 43.3 Å². The highest BCUT2D eigenvalue weighted by Gasteiger charge is 2.30. The monoisotopic (exact) mass is 316 g/mol. The van der Waals surface area contributed by atoms with Gasteiger partial charge in [0.1, 0.15) is 0 Å². The van der Waals surface area contributed by atoms with Gasteiger partial charge >= 0.3 is 6.18 Å². The van der Waals surface area contributed by atoms with E-state index in [1.807, 2.05) is 49.2 Å². The minimum absolute atomic E-state index is 0.648. The number of pyridine rings is 1. The maximum Gasteiger partial charge on any atom is 0.416 e. The van der Waals surface area contributed by atoms with Gasteiger partial charge in [-0.2, -0.15) is 13.2 Å². The van der Waals surface area contributed by atoms with Crippen molar-refractivity contribution in [3.63, 3.8) is 0 Å². The Bertz CT molecular complexity index is 839. The van der Waals surface area contributed by atoms with E-state index in [-0.39, 0.29) is 0 Å². The third-order valence-electron chi connectivity index (χ3n) is 3.77. The number of benzene rings is 2. The first-order chi connectivity index (χ1) is 10.9. The normalized spacial score (nSPS) is 11.7. The van der Waals surface area contributed by atoms with Gasteiger partial charge in [0.25, 0.3) is 0 Å². The maximum atomic E-state index is 12.7. The average Bonchev–Trinajstić information content (AvgIpc) is 2.52. The van der Waals surface area contributed by atoms with Crippen molar-refractivity contribution in [3.05, 3.63) is 65.9 Å². The predicted molar refractivity (Wildman–Crippen MR) is 86.0 cm³/mol. The molecule has 0 unspecified atom stereocenters. The summed E-state index contributed by atoms with van der Waals surface area (Å²) in [7, 11) is 1.84. The molecule has 0 aliphatic rings. The zero-order valence-electron chi connectivity index (χ0n) is 12.7. The van der Waals surface area contributed by atoms with Gasteiger partial charge in [-0.15, -0.1) is 0 Å². The highest BCUT2D eigenvalue weighted by Crippen LogP contribution is 2.34. The van der Waals surface area contributed by atoms with E-state index in [9.17, 15) is 13.2 Å². The third-order valence-corrected chi connectivity index (χ3v) is 3.77. The van der Waals surface area contributed by atoms with Crippen molar-refractivity contribution in [3.8, 4) is 0 Å². The zero-order chi connectivity index (χ0) is 16.6. The summed E-state index contributed by atoms with van der Waals surface area (Å²) in [6.45, 7) is 1.90. The highest BCUT2D eigenvalue weighted by atomic mass is 19.4. The lowest BCUT2D eigenvalue weighted by atomic mass is 10.1. The molecule has 1 heterocycles. The van der Waals surface area contributed by atoms with Crippen molar-refractivity contribution in [1.82, 2.24) is 4.98 Å². The fourth-order valence-electron chi connectivity index (χ4n) is 2.58. The molecule has 2 aromatic carbocycles. The van der Waals surface area contributed by atoms with Crippen LogP contribution < -0.4 is 4.90 Å². The van der Waals surface area contributed by atoms with Crippen LogP contribution in [0.2, 0.25) is 0 Å². The first-order valence-electron chi connectivity index (χ1n) is 7.13. The lowest BCUT2D eigenvalue weighted by molar-refractivity contribution is -0.137. The number of rotatable bonds is 2. The minimum Gasteiger partial charge on any atom is -0.344 e. The molecule has 0 saturated heterocycles. The van der Waals surface area contributed by atoms with Crippen LogP contribution in [-0.2, 0) is 6.18 Å². The highest BCUT2D eigenvalue weighted by molar-refractivity contribution is 5.93. The van der Waals surface area contributed by atoms with Gasteiger partial charge in [0.2, 0.25) is 0 Å². The number of hydrogen-bond acceptors (Lipinski definition) is 2. The summed E-state index contributed by atoms with van der Waals surface area (Å²) in [4.78, 5) is 6.36. The Balaban J connectivity index is 2.05. The Morgan fingerprint density at radius 3 is 2.26 bits per heavy atom. The Morgan fingerprint density at radius 1 is 0.957 bits per heavy atom. The number of fused-ring (bicyclic) bond motifs is 1. The molecule has 0 atom stereocenters. The van der Waals surface area contributed by atoms with Crippen LogP contribution >= 0.6 is 0 Å². The summed E-state index contributed by atoms with van der Waals surface area (Å²) in [5.41, 5.74) is 2.67. The second-order valence-corrected chi connectivity index (χ2v) is 5.40. The van der Waals surface area contributed by atoms with Crippen LogP contribution in [0.5, 0.6) is 0 Å². The Hall–Kier alpha value is -2.56. The van der Waals surface area contributed by atoms with Gasteiger partial charge < -0.3 is 4.90 Å². The molecule has 0 spiro atoms. The molecule has 0 radical (unpaired) electrons. The fourth-order valence-corrected chi connectivity index (χ4v) is 2.58. The summed E-state index contributed by atoms with van der Waals surface area (Å²) in [5.74, 6) is 0. The summed E-state index contributed by atoms with van der Waals surface area (Å²) in [6, 6.07) is 14.8. The molecule has 0 amide bonds. The van der Waals surface area contributed by atoms with Crippen LogP contribution in [0.3, 0.4) is 0 Å². The molecule has 3 aromatic rings. The van der Waals surface area contributed by atoms with Gasteiger partial charge in [-0.3, -0.25) is 4.98 Å².